The number of hydrogen-bond acceptors (Lipinski definition) is 6. The molecular formula is C53H103N2O6P. The normalized spacial score (nSPS) is 14.4. The molecule has 1 amide bonds. The van der Waals surface area contributed by atoms with Crippen LogP contribution in [0.2, 0.25) is 0 Å². The van der Waals surface area contributed by atoms with E-state index in [1.807, 2.05) is 27.2 Å². The van der Waals surface area contributed by atoms with Gasteiger partial charge in [-0.1, -0.05) is 230 Å². The molecule has 0 aliphatic rings. The number of quaternary nitrogens is 1. The zero-order valence-electron chi connectivity index (χ0n) is 41.6. The van der Waals surface area contributed by atoms with E-state index in [0.717, 1.165) is 44.9 Å². The van der Waals surface area contributed by atoms with E-state index in [2.05, 4.69) is 43.5 Å². The van der Waals surface area contributed by atoms with Gasteiger partial charge in [0.2, 0.25) is 5.91 Å². The molecule has 0 heterocycles. The number of allylic oxidation sites excluding steroid dienone is 5. The SMILES string of the molecule is CCCCCCCCCCCCC/C=C/CC/C=C/CC/C=C/C(O)C(COP(=O)([O-])OCC[N+](C)(C)C)NC(=O)CCCCCCCCCCCCCCCCCCCCC. The number of aliphatic hydroxyl groups excluding tert-OH is 1. The van der Waals surface area contributed by atoms with E-state index in [4.69, 9.17) is 9.05 Å². The standard InChI is InChI=1S/C53H103N2O6P/c1-6-8-10-12-14-16-18-20-22-24-26-27-29-30-32-34-36-38-40-42-44-46-52(56)51(50-61-62(58,59)60-49-48-55(3,4)5)54-53(57)47-45-43-41-39-37-35-33-31-28-25-23-21-19-17-15-13-11-9-7-2/h29-30,36,38,44,46,51-52,56H,6-28,31-35,37,39-43,45,47-50H2,1-5H3,(H-,54,57,58,59)/b30-29+,38-36+,46-44+. The zero-order valence-corrected chi connectivity index (χ0v) is 42.5. The van der Waals surface area contributed by atoms with Crippen molar-refractivity contribution in [2.75, 3.05) is 40.9 Å². The van der Waals surface area contributed by atoms with Gasteiger partial charge in [0.1, 0.15) is 13.2 Å². The van der Waals surface area contributed by atoms with Gasteiger partial charge < -0.3 is 28.8 Å². The Bertz CT molecular complexity index is 1110. The molecule has 366 valence electrons. The van der Waals surface area contributed by atoms with Crippen LogP contribution in [-0.4, -0.2) is 68.5 Å². The van der Waals surface area contributed by atoms with Gasteiger partial charge in [-0.2, -0.15) is 0 Å². The molecule has 62 heavy (non-hydrogen) atoms. The fourth-order valence-electron chi connectivity index (χ4n) is 7.66. The molecule has 0 aliphatic heterocycles. The fourth-order valence-corrected chi connectivity index (χ4v) is 8.38. The molecule has 0 saturated carbocycles. The van der Waals surface area contributed by atoms with Crippen LogP contribution in [0.15, 0.2) is 36.5 Å². The second-order valence-electron chi connectivity index (χ2n) is 19.2. The van der Waals surface area contributed by atoms with Crippen LogP contribution >= 0.6 is 7.82 Å². The summed E-state index contributed by atoms with van der Waals surface area (Å²) in [7, 11) is 1.24. The maximum Gasteiger partial charge on any atom is 0.268 e. The molecule has 9 heteroatoms. The van der Waals surface area contributed by atoms with E-state index in [9.17, 15) is 19.4 Å². The molecule has 0 bridgehead atoms. The van der Waals surface area contributed by atoms with Crippen LogP contribution < -0.4 is 10.2 Å². The number of phosphoric acid groups is 1. The first-order valence-electron chi connectivity index (χ1n) is 26.4. The highest BCUT2D eigenvalue weighted by atomic mass is 31.2. The van der Waals surface area contributed by atoms with Gasteiger partial charge in [-0.15, -0.1) is 0 Å². The van der Waals surface area contributed by atoms with Crippen molar-refractivity contribution >= 4 is 13.7 Å². The molecule has 0 aliphatic carbocycles. The number of amides is 1. The lowest BCUT2D eigenvalue weighted by atomic mass is 10.0. The van der Waals surface area contributed by atoms with Crippen molar-refractivity contribution in [1.29, 1.82) is 0 Å². The third kappa shape index (κ3) is 46.7. The van der Waals surface area contributed by atoms with Crippen molar-refractivity contribution in [2.24, 2.45) is 0 Å². The van der Waals surface area contributed by atoms with Crippen LogP contribution in [0.1, 0.15) is 245 Å². The van der Waals surface area contributed by atoms with E-state index in [1.165, 1.54) is 180 Å². The number of rotatable bonds is 48. The second kappa shape index (κ2) is 44.9. The van der Waals surface area contributed by atoms with Gasteiger partial charge in [0.25, 0.3) is 7.82 Å². The number of nitrogens with zero attached hydrogens (tertiary/aromatic N) is 1. The zero-order chi connectivity index (χ0) is 45.7. The van der Waals surface area contributed by atoms with Crippen molar-refractivity contribution < 1.29 is 32.9 Å². The van der Waals surface area contributed by atoms with E-state index < -0.39 is 26.6 Å². The maximum absolute atomic E-state index is 12.9. The number of carbonyl (C=O) groups is 1. The lowest BCUT2D eigenvalue weighted by Gasteiger charge is -2.29. The van der Waals surface area contributed by atoms with Gasteiger partial charge in [0.15, 0.2) is 0 Å². The summed E-state index contributed by atoms with van der Waals surface area (Å²) in [5.41, 5.74) is 0. The number of nitrogens with one attached hydrogen (secondary N) is 1. The summed E-state index contributed by atoms with van der Waals surface area (Å²) in [5, 5.41) is 13.8. The lowest BCUT2D eigenvalue weighted by Crippen LogP contribution is -2.45. The molecule has 0 aromatic rings. The Morgan fingerprint density at radius 2 is 0.903 bits per heavy atom. The van der Waals surface area contributed by atoms with Crippen LogP contribution in [0.3, 0.4) is 0 Å². The molecule has 0 rings (SSSR count). The maximum atomic E-state index is 12.9. The third-order valence-electron chi connectivity index (χ3n) is 11.8. The van der Waals surface area contributed by atoms with Crippen LogP contribution in [0, 0.1) is 0 Å². The van der Waals surface area contributed by atoms with E-state index >= 15 is 0 Å². The first kappa shape index (κ1) is 60.7. The van der Waals surface area contributed by atoms with Crippen LogP contribution in [0.5, 0.6) is 0 Å². The molecule has 3 unspecified atom stereocenters. The van der Waals surface area contributed by atoms with Crippen LogP contribution in [0.25, 0.3) is 0 Å². The number of phosphoric ester groups is 1. The molecule has 0 aromatic heterocycles. The van der Waals surface area contributed by atoms with Crippen molar-refractivity contribution in [2.45, 2.75) is 257 Å². The Balaban J connectivity index is 4.35. The van der Waals surface area contributed by atoms with Crippen molar-refractivity contribution in [3.63, 3.8) is 0 Å². The third-order valence-corrected chi connectivity index (χ3v) is 12.8. The Labute approximate surface area is 385 Å². The summed E-state index contributed by atoms with van der Waals surface area (Å²) in [5.74, 6) is -0.208. The summed E-state index contributed by atoms with van der Waals surface area (Å²) >= 11 is 0. The minimum Gasteiger partial charge on any atom is -0.756 e. The Hall–Kier alpha value is -1.28. The lowest BCUT2D eigenvalue weighted by molar-refractivity contribution is -0.870. The molecule has 2 N–H and O–H groups in total. The average molecular weight is 895 g/mol. The largest absolute Gasteiger partial charge is 0.756 e. The summed E-state index contributed by atoms with van der Waals surface area (Å²) in [6, 6.07) is -0.907. The summed E-state index contributed by atoms with van der Waals surface area (Å²) in [4.78, 5) is 25.4. The van der Waals surface area contributed by atoms with Crippen molar-refractivity contribution in [3.05, 3.63) is 36.5 Å². The Morgan fingerprint density at radius 1 is 0.548 bits per heavy atom. The van der Waals surface area contributed by atoms with E-state index in [0.29, 0.717) is 17.4 Å². The molecule has 0 aromatic carbocycles. The van der Waals surface area contributed by atoms with Gasteiger partial charge in [-0.3, -0.25) is 9.36 Å². The van der Waals surface area contributed by atoms with Gasteiger partial charge in [-0.25, -0.2) is 0 Å². The highest BCUT2D eigenvalue weighted by Crippen LogP contribution is 2.38. The Kier molecular flexibility index (Phi) is 44.0. The minimum atomic E-state index is -4.60. The van der Waals surface area contributed by atoms with E-state index in [1.54, 1.807) is 6.08 Å². The first-order valence-corrected chi connectivity index (χ1v) is 27.8. The number of likely N-dealkylation sites (N-methyl/N-ethyl adjacent to an activating group) is 1. The monoisotopic (exact) mass is 895 g/mol. The minimum absolute atomic E-state index is 0.00753. The van der Waals surface area contributed by atoms with Crippen LogP contribution in [0.4, 0.5) is 0 Å². The molecule has 3 atom stereocenters. The molecule has 0 spiro atoms. The fraction of sp³-hybridized carbons (Fsp3) is 0.868. The van der Waals surface area contributed by atoms with Gasteiger partial charge in [-0.05, 0) is 44.9 Å². The smallest absolute Gasteiger partial charge is 0.268 e. The Morgan fingerprint density at radius 3 is 1.31 bits per heavy atom. The predicted octanol–water partition coefficient (Wildman–Crippen LogP) is 14.8. The second-order valence-corrected chi connectivity index (χ2v) is 20.6. The summed E-state index contributed by atoms with van der Waals surface area (Å²) < 4.78 is 23.3. The number of aliphatic hydroxyl groups is 1. The number of carbonyl (C=O) groups excluding carboxylic acids is 1. The van der Waals surface area contributed by atoms with Crippen molar-refractivity contribution in [3.8, 4) is 0 Å². The van der Waals surface area contributed by atoms with Crippen molar-refractivity contribution in [1.82, 2.24) is 5.32 Å². The highest BCUT2D eigenvalue weighted by molar-refractivity contribution is 7.45. The number of unbranched alkanes of at least 4 members (excludes halogenated alkanes) is 31. The number of hydrogen-bond donors (Lipinski definition) is 2. The summed E-state index contributed by atoms with van der Waals surface area (Å²) in [6.45, 7) is 4.64. The molecule has 0 radical (unpaired) electrons. The summed E-state index contributed by atoms with van der Waals surface area (Å²) in [6.07, 6.45) is 56.4. The molecule has 0 saturated heterocycles. The predicted molar refractivity (Wildman–Crippen MR) is 265 cm³/mol. The average Bonchev–Trinajstić information content (AvgIpc) is 3.23. The quantitative estimate of drug-likeness (QED) is 0.0273. The highest BCUT2D eigenvalue weighted by Gasteiger charge is 2.23. The van der Waals surface area contributed by atoms with Gasteiger partial charge in [0.05, 0.1) is 39.9 Å². The van der Waals surface area contributed by atoms with Crippen LogP contribution in [-0.2, 0) is 18.4 Å². The van der Waals surface area contributed by atoms with E-state index in [-0.39, 0.29) is 12.5 Å². The first-order chi connectivity index (χ1) is 30.0. The molecular weight excluding hydrogens is 792 g/mol. The molecule has 0 fully saturated rings. The van der Waals surface area contributed by atoms with Gasteiger partial charge >= 0.3 is 0 Å². The topological polar surface area (TPSA) is 108 Å². The molecule has 8 nitrogen and oxygen atoms in total. The van der Waals surface area contributed by atoms with Gasteiger partial charge in [0, 0.05) is 6.42 Å².